The van der Waals surface area contributed by atoms with Crippen LogP contribution in [-0.2, 0) is 16.6 Å². The fourth-order valence-corrected chi connectivity index (χ4v) is 5.10. The third-order valence-corrected chi connectivity index (χ3v) is 6.53. The van der Waals surface area contributed by atoms with Crippen LogP contribution in [0.3, 0.4) is 0 Å². The molecule has 3 aliphatic rings. The summed E-state index contributed by atoms with van der Waals surface area (Å²) in [6, 6.07) is 15.2. The quantitative estimate of drug-likeness (QED) is 0.854. The molecule has 1 amide bonds. The summed E-state index contributed by atoms with van der Waals surface area (Å²) >= 11 is 0. The number of carbonyl (C=O) groups is 1. The van der Waals surface area contributed by atoms with E-state index in [0.29, 0.717) is 13.1 Å². The lowest BCUT2D eigenvalue weighted by atomic mass is 9.94. The van der Waals surface area contributed by atoms with Crippen LogP contribution in [0.15, 0.2) is 48.5 Å². The van der Waals surface area contributed by atoms with Gasteiger partial charge < -0.3 is 10.2 Å². The topological polar surface area (TPSA) is 32.3 Å². The average molecular weight is 387 g/mol. The predicted molar refractivity (Wildman–Crippen MR) is 106 cm³/mol. The summed E-state index contributed by atoms with van der Waals surface area (Å²) in [5, 5.41) is 3.36. The number of aryl methyl sites for hydroxylation is 1. The molecule has 2 aliphatic carbocycles. The molecule has 2 aromatic rings. The number of fused-ring (bicyclic) bond motifs is 2. The largest absolute Gasteiger partial charge is 0.333 e. The van der Waals surface area contributed by atoms with Gasteiger partial charge in [0.05, 0.1) is 6.04 Å². The zero-order valence-corrected chi connectivity index (χ0v) is 16.0. The molecule has 3 nitrogen and oxygen atoms in total. The summed E-state index contributed by atoms with van der Waals surface area (Å²) in [7, 11) is 0. The van der Waals surface area contributed by atoms with Crippen molar-refractivity contribution >= 4 is 18.3 Å². The van der Waals surface area contributed by atoms with Gasteiger partial charge in [-0.15, -0.1) is 12.4 Å². The van der Waals surface area contributed by atoms with Crippen molar-refractivity contribution in [2.75, 3.05) is 19.6 Å². The maximum Gasteiger partial charge on any atom is 0.227 e. The van der Waals surface area contributed by atoms with E-state index in [-0.39, 0.29) is 41.5 Å². The third-order valence-electron chi connectivity index (χ3n) is 6.53. The van der Waals surface area contributed by atoms with Crippen molar-refractivity contribution in [3.63, 3.8) is 0 Å². The van der Waals surface area contributed by atoms with Crippen molar-refractivity contribution in [2.24, 2.45) is 5.92 Å². The Morgan fingerprint density at radius 3 is 2.89 bits per heavy atom. The summed E-state index contributed by atoms with van der Waals surface area (Å²) in [6.45, 7) is 2.17. The van der Waals surface area contributed by atoms with Gasteiger partial charge in [0, 0.05) is 31.0 Å². The second-order valence-corrected chi connectivity index (χ2v) is 7.88. The van der Waals surface area contributed by atoms with Crippen LogP contribution in [0.25, 0.3) is 0 Å². The Kier molecular flexibility index (Phi) is 4.73. The van der Waals surface area contributed by atoms with Crippen molar-refractivity contribution < 1.29 is 9.18 Å². The molecule has 0 radical (unpaired) electrons. The van der Waals surface area contributed by atoms with Gasteiger partial charge in [0.1, 0.15) is 5.82 Å². The maximum absolute atomic E-state index is 13.7. The molecule has 1 saturated heterocycles. The maximum atomic E-state index is 13.7. The second kappa shape index (κ2) is 6.92. The van der Waals surface area contributed by atoms with Crippen molar-refractivity contribution in [1.82, 2.24) is 10.2 Å². The molecule has 3 unspecified atom stereocenters. The van der Waals surface area contributed by atoms with E-state index >= 15 is 0 Å². The van der Waals surface area contributed by atoms with Crippen molar-refractivity contribution in [3.05, 3.63) is 71.0 Å². The van der Waals surface area contributed by atoms with E-state index in [9.17, 15) is 9.18 Å². The Morgan fingerprint density at radius 1 is 1.19 bits per heavy atom. The Bertz CT molecular complexity index is 873. The van der Waals surface area contributed by atoms with Crippen LogP contribution < -0.4 is 5.32 Å². The molecular formula is C22H24ClFN2O. The summed E-state index contributed by atoms with van der Waals surface area (Å²) < 4.78 is 13.7. The highest BCUT2D eigenvalue weighted by molar-refractivity contribution is 5.86. The van der Waals surface area contributed by atoms with Gasteiger partial charge in [-0.25, -0.2) is 4.39 Å². The first-order chi connectivity index (χ1) is 12.7. The highest BCUT2D eigenvalue weighted by Gasteiger charge is 2.62. The van der Waals surface area contributed by atoms with E-state index in [1.807, 2.05) is 11.0 Å². The minimum absolute atomic E-state index is 0. The fraction of sp³-hybridized carbons (Fsp3) is 0.409. The molecule has 27 heavy (non-hydrogen) atoms. The van der Waals surface area contributed by atoms with E-state index < -0.39 is 0 Å². The van der Waals surface area contributed by atoms with Crippen LogP contribution in [-0.4, -0.2) is 30.4 Å². The molecule has 3 atom stereocenters. The Balaban J connectivity index is 0.00000180. The molecule has 2 aromatic carbocycles. The highest BCUT2D eigenvalue weighted by atomic mass is 35.5. The van der Waals surface area contributed by atoms with Gasteiger partial charge in [0.15, 0.2) is 0 Å². The van der Waals surface area contributed by atoms with Gasteiger partial charge in [-0.3, -0.25) is 4.79 Å². The third kappa shape index (κ3) is 2.95. The zero-order chi connectivity index (χ0) is 17.7. The normalized spacial score (nSPS) is 28.6. The van der Waals surface area contributed by atoms with Gasteiger partial charge in [0.2, 0.25) is 5.91 Å². The SMILES string of the molecule is Cl.O=C(C1CC12CCc1ccccc12)N1CCNCC1c1cccc(F)c1. The van der Waals surface area contributed by atoms with E-state index in [2.05, 4.69) is 29.6 Å². The molecule has 142 valence electrons. The minimum Gasteiger partial charge on any atom is -0.333 e. The van der Waals surface area contributed by atoms with Gasteiger partial charge in [-0.2, -0.15) is 0 Å². The zero-order valence-electron chi connectivity index (χ0n) is 15.2. The van der Waals surface area contributed by atoms with Crippen LogP contribution in [0.4, 0.5) is 4.39 Å². The molecule has 5 rings (SSSR count). The molecule has 0 bridgehead atoms. The van der Waals surface area contributed by atoms with Gasteiger partial charge in [-0.1, -0.05) is 36.4 Å². The molecule has 0 aromatic heterocycles. The lowest BCUT2D eigenvalue weighted by molar-refractivity contribution is -0.136. The van der Waals surface area contributed by atoms with Gasteiger partial charge >= 0.3 is 0 Å². The summed E-state index contributed by atoms with van der Waals surface area (Å²) in [5.41, 5.74) is 3.73. The number of piperazine rings is 1. The first-order valence-corrected chi connectivity index (χ1v) is 9.54. The molecular weight excluding hydrogens is 363 g/mol. The first-order valence-electron chi connectivity index (χ1n) is 9.54. The fourth-order valence-electron chi connectivity index (χ4n) is 5.10. The molecule has 1 N–H and O–H groups in total. The lowest BCUT2D eigenvalue weighted by Crippen LogP contribution is -2.49. The van der Waals surface area contributed by atoms with Crippen LogP contribution in [0, 0.1) is 11.7 Å². The molecule has 1 spiro atoms. The Hall–Kier alpha value is -1.91. The summed E-state index contributed by atoms with van der Waals surface area (Å²) in [6.07, 6.45) is 3.12. The van der Waals surface area contributed by atoms with Crippen LogP contribution in [0.1, 0.15) is 35.6 Å². The van der Waals surface area contributed by atoms with E-state index in [0.717, 1.165) is 31.4 Å². The van der Waals surface area contributed by atoms with E-state index in [4.69, 9.17) is 0 Å². The number of nitrogens with one attached hydrogen (secondary N) is 1. The average Bonchev–Trinajstić information content (AvgIpc) is 3.30. The number of nitrogens with zero attached hydrogens (tertiary/aromatic N) is 1. The predicted octanol–water partition coefficient (Wildman–Crippen LogP) is 3.62. The van der Waals surface area contributed by atoms with Crippen LogP contribution in [0.5, 0.6) is 0 Å². The van der Waals surface area contributed by atoms with Gasteiger partial charge in [0.25, 0.3) is 0 Å². The molecule has 2 fully saturated rings. The van der Waals surface area contributed by atoms with Crippen molar-refractivity contribution in [2.45, 2.75) is 30.7 Å². The van der Waals surface area contributed by atoms with Gasteiger partial charge in [-0.05, 0) is 48.1 Å². The van der Waals surface area contributed by atoms with Crippen molar-refractivity contribution in [3.8, 4) is 0 Å². The van der Waals surface area contributed by atoms with Crippen molar-refractivity contribution in [1.29, 1.82) is 0 Å². The number of amides is 1. The van der Waals surface area contributed by atoms with E-state index in [1.54, 1.807) is 12.1 Å². The Morgan fingerprint density at radius 2 is 2.04 bits per heavy atom. The number of rotatable bonds is 2. The van der Waals surface area contributed by atoms with Crippen LogP contribution in [0.2, 0.25) is 0 Å². The summed E-state index contributed by atoms with van der Waals surface area (Å²) in [5.74, 6) is 0.0888. The minimum atomic E-state index is -0.243. The Labute approximate surface area is 165 Å². The second-order valence-electron chi connectivity index (χ2n) is 7.88. The number of halogens is 2. The lowest BCUT2D eigenvalue weighted by Gasteiger charge is -2.37. The molecule has 1 heterocycles. The number of carbonyl (C=O) groups excluding carboxylic acids is 1. The number of benzene rings is 2. The summed E-state index contributed by atoms with van der Waals surface area (Å²) in [4.78, 5) is 15.4. The first kappa shape index (κ1) is 18.5. The van der Waals surface area contributed by atoms with Crippen LogP contribution >= 0.6 is 12.4 Å². The molecule has 5 heteroatoms. The highest BCUT2D eigenvalue weighted by Crippen LogP contribution is 2.62. The monoisotopic (exact) mass is 386 g/mol. The number of hydrogen-bond acceptors (Lipinski definition) is 2. The van der Waals surface area contributed by atoms with E-state index in [1.165, 1.54) is 17.2 Å². The smallest absolute Gasteiger partial charge is 0.227 e. The standard InChI is InChI=1S/C22H23FN2O.ClH/c23-17-6-3-5-16(12-17)20-14-24-10-11-25(20)21(26)19-13-22(19)9-8-15-4-1-2-7-18(15)22;/h1-7,12,19-20,24H,8-11,13-14H2;1H. The number of hydrogen-bond donors (Lipinski definition) is 1. The molecule has 1 aliphatic heterocycles. The molecule has 1 saturated carbocycles.